The van der Waals surface area contributed by atoms with Crippen LogP contribution in [-0.4, -0.2) is 12.6 Å². The van der Waals surface area contributed by atoms with E-state index in [0.717, 1.165) is 16.7 Å². The number of ether oxygens (including phenoxy) is 1. The number of aryl methyl sites for hydroxylation is 2. The van der Waals surface area contributed by atoms with Crippen LogP contribution < -0.4 is 0 Å². The van der Waals surface area contributed by atoms with Crippen LogP contribution in [0.2, 0.25) is 0 Å². The highest BCUT2D eigenvalue weighted by Crippen LogP contribution is 2.18. The van der Waals surface area contributed by atoms with E-state index in [1.165, 1.54) is 0 Å². The smallest absolute Gasteiger partial charge is 0.338 e. The lowest BCUT2D eigenvalue weighted by atomic mass is 10.0. The number of hydrogen-bond acceptors (Lipinski definition) is 2. The molecule has 0 amide bonds. The van der Waals surface area contributed by atoms with Gasteiger partial charge >= 0.3 is 5.97 Å². The molecule has 0 atom stereocenters. The van der Waals surface area contributed by atoms with Crippen molar-refractivity contribution in [2.24, 2.45) is 0 Å². The molecule has 3 heteroatoms. The first-order chi connectivity index (χ1) is 7.10. The lowest BCUT2D eigenvalue weighted by Gasteiger charge is -2.09. The predicted molar refractivity (Wildman–Crippen MR) is 61.4 cm³/mol. The van der Waals surface area contributed by atoms with E-state index in [-0.39, 0.29) is 5.97 Å². The summed E-state index contributed by atoms with van der Waals surface area (Å²) in [5, 5.41) is 0. The Morgan fingerprint density at radius 3 is 2.47 bits per heavy atom. The fraction of sp³-hybridized carbons (Fsp3) is 0.417. The average molecular weight is 227 g/mol. The number of benzene rings is 1. The third-order valence-electron chi connectivity index (χ3n) is 2.36. The Bertz CT molecular complexity index is 372. The van der Waals surface area contributed by atoms with Crippen molar-refractivity contribution < 1.29 is 9.53 Å². The minimum absolute atomic E-state index is 0.295. The second-order valence-electron chi connectivity index (χ2n) is 3.45. The summed E-state index contributed by atoms with van der Waals surface area (Å²) in [5.41, 5.74) is 3.62. The molecule has 1 aromatic carbocycles. The maximum absolute atomic E-state index is 11.6. The zero-order valence-corrected chi connectivity index (χ0v) is 10.0. The summed E-state index contributed by atoms with van der Waals surface area (Å²) in [6.45, 7) is 6.14. The number of esters is 1. The third-order valence-corrected chi connectivity index (χ3v) is 2.65. The first-order valence-electron chi connectivity index (χ1n) is 4.93. The standard InChI is InChI=1S/C12H15ClO2/c1-4-15-12(14)11-6-9(3)8(2)5-10(11)7-13/h5-6H,4,7H2,1-3H3. The quantitative estimate of drug-likeness (QED) is 0.584. The Morgan fingerprint density at radius 2 is 1.93 bits per heavy atom. The first kappa shape index (κ1) is 12.1. The van der Waals surface area contributed by atoms with Crippen LogP contribution >= 0.6 is 11.6 Å². The molecule has 0 spiro atoms. The third kappa shape index (κ3) is 2.72. The maximum Gasteiger partial charge on any atom is 0.338 e. The van der Waals surface area contributed by atoms with Gasteiger partial charge in [0.25, 0.3) is 0 Å². The van der Waals surface area contributed by atoms with E-state index in [9.17, 15) is 4.79 Å². The molecule has 0 saturated carbocycles. The van der Waals surface area contributed by atoms with Gasteiger partial charge < -0.3 is 4.74 Å². The zero-order valence-electron chi connectivity index (χ0n) is 9.26. The van der Waals surface area contributed by atoms with Gasteiger partial charge in [0.05, 0.1) is 12.2 Å². The molecule has 0 unspecified atom stereocenters. The Balaban J connectivity index is 3.15. The lowest BCUT2D eigenvalue weighted by Crippen LogP contribution is -2.08. The summed E-state index contributed by atoms with van der Waals surface area (Å²) in [6.07, 6.45) is 0. The Kier molecular flexibility index (Phi) is 4.15. The van der Waals surface area contributed by atoms with Gasteiger partial charge in [-0.1, -0.05) is 6.07 Å². The molecule has 0 saturated heterocycles. The molecule has 0 aliphatic heterocycles. The predicted octanol–water partition coefficient (Wildman–Crippen LogP) is 3.22. The monoisotopic (exact) mass is 226 g/mol. The van der Waals surface area contributed by atoms with Gasteiger partial charge in [-0.15, -0.1) is 11.6 Å². The van der Waals surface area contributed by atoms with Crippen molar-refractivity contribution in [1.82, 2.24) is 0 Å². The molecule has 0 aromatic heterocycles. The van der Waals surface area contributed by atoms with Gasteiger partial charge in [-0.25, -0.2) is 4.79 Å². The highest BCUT2D eigenvalue weighted by molar-refractivity contribution is 6.17. The van der Waals surface area contributed by atoms with Crippen molar-refractivity contribution >= 4 is 17.6 Å². The highest BCUT2D eigenvalue weighted by atomic mass is 35.5. The molecular formula is C12H15ClO2. The molecule has 0 fully saturated rings. The summed E-state index contributed by atoms with van der Waals surface area (Å²) in [6, 6.07) is 3.78. The lowest BCUT2D eigenvalue weighted by molar-refractivity contribution is 0.0525. The number of alkyl halides is 1. The van der Waals surface area contributed by atoms with Crippen molar-refractivity contribution in [2.75, 3.05) is 6.61 Å². The largest absolute Gasteiger partial charge is 0.462 e. The van der Waals surface area contributed by atoms with Crippen LogP contribution in [0.25, 0.3) is 0 Å². The molecule has 0 aliphatic rings. The Hall–Kier alpha value is -1.02. The minimum atomic E-state index is -0.295. The van der Waals surface area contributed by atoms with Crippen LogP contribution in [-0.2, 0) is 10.6 Å². The SMILES string of the molecule is CCOC(=O)c1cc(C)c(C)cc1CCl. The number of carbonyl (C=O) groups is 1. The maximum atomic E-state index is 11.6. The van der Waals surface area contributed by atoms with Gasteiger partial charge in [-0.2, -0.15) is 0 Å². The average Bonchev–Trinajstić information content (AvgIpc) is 2.21. The van der Waals surface area contributed by atoms with Crippen molar-refractivity contribution in [3.63, 3.8) is 0 Å². The van der Waals surface area contributed by atoms with E-state index in [1.54, 1.807) is 6.92 Å². The summed E-state index contributed by atoms with van der Waals surface area (Å²) < 4.78 is 4.97. The minimum Gasteiger partial charge on any atom is -0.462 e. The molecule has 82 valence electrons. The molecule has 15 heavy (non-hydrogen) atoms. The summed E-state index contributed by atoms with van der Waals surface area (Å²) in [4.78, 5) is 11.6. The van der Waals surface area contributed by atoms with Gasteiger partial charge in [-0.3, -0.25) is 0 Å². The summed E-state index contributed by atoms with van der Waals surface area (Å²) in [7, 11) is 0. The number of carbonyl (C=O) groups excluding carboxylic acids is 1. The van der Waals surface area contributed by atoms with Crippen LogP contribution in [0.1, 0.15) is 34.0 Å². The van der Waals surface area contributed by atoms with E-state index in [4.69, 9.17) is 16.3 Å². The normalized spacial score (nSPS) is 10.1. The van der Waals surface area contributed by atoms with E-state index in [1.807, 2.05) is 26.0 Å². The first-order valence-corrected chi connectivity index (χ1v) is 5.46. The second kappa shape index (κ2) is 5.17. The molecule has 1 aromatic rings. The molecule has 0 N–H and O–H groups in total. The van der Waals surface area contributed by atoms with Crippen LogP contribution in [0.15, 0.2) is 12.1 Å². The fourth-order valence-electron chi connectivity index (χ4n) is 1.39. The molecule has 2 nitrogen and oxygen atoms in total. The molecule has 0 aliphatic carbocycles. The summed E-state index contributed by atoms with van der Waals surface area (Å²) in [5.74, 6) is 0.0335. The second-order valence-corrected chi connectivity index (χ2v) is 3.71. The van der Waals surface area contributed by atoms with Gasteiger partial charge in [0.2, 0.25) is 0 Å². The van der Waals surface area contributed by atoms with Crippen LogP contribution in [0.3, 0.4) is 0 Å². The van der Waals surface area contributed by atoms with E-state index in [0.29, 0.717) is 18.1 Å². The molecule has 0 bridgehead atoms. The van der Waals surface area contributed by atoms with E-state index < -0.39 is 0 Å². The van der Waals surface area contributed by atoms with Crippen LogP contribution in [0, 0.1) is 13.8 Å². The van der Waals surface area contributed by atoms with Gasteiger partial charge in [-0.05, 0) is 43.5 Å². The Labute approximate surface area is 95.2 Å². The van der Waals surface area contributed by atoms with Crippen molar-refractivity contribution in [2.45, 2.75) is 26.7 Å². The van der Waals surface area contributed by atoms with Gasteiger partial charge in [0.1, 0.15) is 0 Å². The van der Waals surface area contributed by atoms with Crippen LogP contribution in [0.5, 0.6) is 0 Å². The molecule has 0 heterocycles. The molecular weight excluding hydrogens is 212 g/mol. The topological polar surface area (TPSA) is 26.3 Å². The van der Waals surface area contributed by atoms with Gasteiger partial charge in [0, 0.05) is 5.88 Å². The molecule has 1 rings (SSSR count). The number of halogens is 1. The zero-order chi connectivity index (χ0) is 11.4. The van der Waals surface area contributed by atoms with E-state index in [2.05, 4.69) is 0 Å². The van der Waals surface area contributed by atoms with Crippen molar-refractivity contribution in [3.8, 4) is 0 Å². The highest BCUT2D eigenvalue weighted by Gasteiger charge is 2.13. The number of rotatable bonds is 3. The van der Waals surface area contributed by atoms with Gasteiger partial charge in [0.15, 0.2) is 0 Å². The summed E-state index contributed by atoms with van der Waals surface area (Å²) >= 11 is 5.79. The van der Waals surface area contributed by atoms with E-state index >= 15 is 0 Å². The Morgan fingerprint density at radius 1 is 1.33 bits per heavy atom. The fourth-order valence-corrected chi connectivity index (χ4v) is 1.61. The van der Waals surface area contributed by atoms with Crippen LogP contribution in [0.4, 0.5) is 0 Å². The molecule has 0 radical (unpaired) electrons. The van der Waals surface area contributed by atoms with Crippen molar-refractivity contribution in [1.29, 1.82) is 0 Å². The number of hydrogen-bond donors (Lipinski definition) is 0. The van der Waals surface area contributed by atoms with Crippen molar-refractivity contribution in [3.05, 3.63) is 34.4 Å².